The molecule has 1 aliphatic heterocycles. The van der Waals surface area contributed by atoms with E-state index >= 15 is 0 Å². The van der Waals surface area contributed by atoms with Crippen molar-refractivity contribution in [3.8, 4) is 0 Å². The average molecular weight is 239 g/mol. The quantitative estimate of drug-likeness (QED) is 0.661. The van der Waals surface area contributed by atoms with Crippen molar-refractivity contribution in [2.24, 2.45) is 11.8 Å². The Bertz CT molecular complexity index is 253. The Labute approximate surface area is 104 Å². The fourth-order valence-corrected chi connectivity index (χ4v) is 2.51. The highest BCUT2D eigenvalue weighted by molar-refractivity contribution is 5.80. The van der Waals surface area contributed by atoms with Gasteiger partial charge in [-0.2, -0.15) is 0 Å². The molecule has 2 aliphatic rings. The fourth-order valence-electron chi connectivity index (χ4n) is 2.51. The second-order valence-corrected chi connectivity index (χ2v) is 5.54. The van der Waals surface area contributed by atoms with E-state index in [-0.39, 0.29) is 5.91 Å². The number of hydrogen-bond donors (Lipinski definition) is 2. The summed E-state index contributed by atoms with van der Waals surface area (Å²) in [5.74, 6) is 1.37. The molecule has 17 heavy (non-hydrogen) atoms. The average Bonchev–Trinajstić information content (AvgIpc) is 3.12. The number of carbonyl (C=O) groups excluding carboxylic acids is 1. The van der Waals surface area contributed by atoms with Crippen LogP contribution < -0.4 is 10.6 Å². The van der Waals surface area contributed by atoms with Crippen LogP contribution in [0, 0.1) is 11.8 Å². The minimum Gasteiger partial charge on any atom is -0.355 e. The van der Waals surface area contributed by atoms with Gasteiger partial charge in [-0.15, -0.1) is 0 Å². The largest absolute Gasteiger partial charge is 0.355 e. The molecule has 0 spiro atoms. The summed E-state index contributed by atoms with van der Waals surface area (Å²) >= 11 is 0. The van der Waals surface area contributed by atoms with Crippen molar-refractivity contribution in [2.45, 2.75) is 25.7 Å². The number of nitrogens with zero attached hydrogens (tertiary/aromatic N) is 1. The zero-order valence-electron chi connectivity index (χ0n) is 10.9. The highest BCUT2D eigenvalue weighted by Crippen LogP contribution is 2.28. The molecule has 1 amide bonds. The van der Waals surface area contributed by atoms with Gasteiger partial charge >= 0.3 is 0 Å². The van der Waals surface area contributed by atoms with Gasteiger partial charge in [-0.1, -0.05) is 0 Å². The minimum atomic E-state index is 0.254. The van der Waals surface area contributed by atoms with Crippen molar-refractivity contribution in [1.29, 1.82) is 0 Å². The molecular weight excluding hydrogens is 214 g/mol. The van der Waals surface area contributed by atoms with E-state index in [0.717, 1.165) is 38.4 Å². The molecule has 1 unspecified atom stereocenters. The summed E-state index contributed by atoms with van der Waals surface area (Å²) in [4.78, 5) is 13.8. The summed E-state index contributed by atoms with van der Waals surface area (Å²) in [7, 11) is 2.20. The zero-order chi connectivity index (χ0) is 12.1. The number of carbonyl (C=O) groups is 1. The predicted octanol–water partition coefficient (Wildman–Crippen LogP) is 0.444. The van der Waals surface area contributed by atoms with Crippen molar-refractivity contribution in [2.75, 3.05) is 39.8 Å². The van der Waals surface area contributed by atoms with Crippen LogP contribution in [0.15, 0.2) is 0 Å². The van der Waals surface area contributed by atoms with Crippen molar-refractivity contribution >= 4 is 5.91 Å². The maximum atomic E-state index is 11.4. The SMILES string of the molecule is CN1CCCC(CNCCNC(=O)C2CC2)C1. The highest BCUT2D eigenvalue weighted by atomic mass is 16.2. The van der Waals surface area contributed by atoms with Gasteiger partial charge in [-0.05, 0) is 51.7 Å². The topological polar surface area (TPSA) is 44.4 Å². The molecule has 1 saturated heterocycles. The molecular formula is C13H25N3O. The second-order valence-electron chi connectivity index (χ2n) is 5.54. The third kappa shape index (κ3) is 4.64. The number of rotatable bonds is 6. The van der Waals surface area contributed by atoms with Gasteiger partial charge in [0.25, 0.3) is 0 Å². The van der Waals surface area contributed by atoms with E-state index < -0.39 is 0 Å². The molecule has 0 aromatic heterocycles. The molecule has 0 aromatic rings. The molecule has 1 atom stereocenters. The smallest absolute Gasteiger partial charge is 0.223 e. The van der Waals surface area contributed by atoms with Crippen molar-refractivity contribution in [1.82, 2.24) is 15.5 Å². The van der Waals surface area contributed by atoms with Gasteiger partial charge in [0.05, 0.1) is 0 Å². The molecule has 2 fully saturated rings. The van der Waals surface area contributed by atoms with Gasteiger partial charge in [0.2, 0.25) is 5.91 Å². The van der Waals surface area contributed by atoms with E-state index in [9.17, 15) is 4.79 Å². The van der Waals surface area contributed by atoms with Gasteiger partial charge in [0.1, 0.15) is 0 Å². The molecule has 2 rings (SSSR count). The Morgan fingerprint density at radius 1 is 1.29 bits per heavy atom. The summed E-state index contributed by atoms with van der Waals surface area (Å²) in [6.45, 7) is 5.22. The lowest BCUT2D eigenvalue weighted by Crippen LogP contribution is -2.39. The molecule has 0 radical (unpaired) electrons. The number of amides is 1. The van der Waals surface area contributed by atoms with Crippen LogP contribution in [-0.2, 0) is 4.79 Å². The number of piperidine rings is 1. The minimum absolute atomic E-state index is 0.254. The van der Waals surface area contributed by atoms with E-state index in [1.54, 1.807) is 0 Å². The summed E-state index contributed by atoms with van der Waals surface area (Å²) in [5.41, 5.74) is 0. The van der Waals surface area contributed by atoms with Gasteiger partial charge in [0.15, 0.2) is 0 Å². The van der Waals surface area contributed by atoms with E-state index in [4.69, 9.17) is 0 Å². The molecule has 4 nitrogen and oxygen atoms in total. The van der Waals surface area contributed by atoms with Gasteiger partial charge in [-0.3, -0.25) is 4.79 Å². The van der Waals surface area contributed by atoms with Crippen molar-refractivity contribution in [3.05, 3.63) is 0 Å². The second kappa shape index (κ2) is 6.36. The van der Waals surface area contributed by atoms with Gasteiger partial charge < -0.3 is 15.5 Å². The Kier molecular flexibility index (Phi) is 4.80. The first-order valence-electron chi connectivity index (χ1n) is 6.92. The molecule has 2 N–H and O–H groups in total. The van der Waals surface area contributed by atoms with Gasteiger partial charge in [0, 0.05) is 25.6 Å². The lowest BCUT2D eigenvalue weighted by molar-refractivity contribution is -0.122. The molecule has 1 aliphatic carbocycles. The highest BCUT2D eigenvalue weighted by Gasteiger charge is 2.28. The normalized spacial score (nSPS) is 25.8. The summed E-state index contributed by atoms with van der Waals surface area (Å²) in [6.07, 6.45) is 4.84. The van der Waals surface area contributed by atoms with Crippen LogP contribution in [0.4, 0.5) is 0 Å². The lowest BCUT2D eigenvalue weighted by Gasteiger charge is -2.29. The van der Waals surface area contributed by atoms with Crippen LogP contribution in [0.5, 0.6) is 0 Å². The first-order valence-corrected chi connectivity index (χ1v) is 6.92. The van der Waals surface area contributed by atoms with Crippen LogP contribution in [0.1, 0.15) is 25.7 Å². The van der Waals surface area contributed by atoms with E-state index in [1.165, 1.54) is 25.9 Å². The molecule has 1 heterocycles. The maximum Gasteiger partial charge on any atom is 0.223 e. The predicted molar refractivity (Wildman–Crippen MR) is 68.8 cm³/mol. The summed E-state index contributed by atoms with van der Waals surface area (Å²) < 4.78 is 0. The molecule has 0 bridgehead atoms. The Morgan fingerprint density at radius 2 is 2.12 bits per heavy atom. The number of hydrogen-bond acceptors (Lipinski definition) is 3. The third-order valence-electron chi connectivity index (χ3n) is 3.70. The van der Waals surface area contributed by atoms with Gasteiger partial charge in [-0.25, -0.2) is 0 Å². The maximum absolute atomic E-state index is 11.4. The third-order valence-corrected chi connectivity index (χ3v) is 3.70. The Hall–Kier alpha value is -0.610. The van der Waals surface area contributed by atoms with Crippen molar-refractivity contribution in [3.63, 3.8) is 0 Å². The number of nitrogens with one attached hydrogen (secondary N) is 2. The van der Waals surface area contributed by atoms with Crippen LogP contribution in [0.2, 0.25) is 0 Å². The standard InChI is InChI=1S/C13H25N3O/c1-16-8-2-3-11(10-16)9-14-6-7-15-13(17)12-4-5-12/h11-12,14H,2-10H2,1H3,(H,15,17). The Balaban J connectivity index is 1.46. The van der Waals surface area contributed by atoms with Crippen LogP contribution in [-0.4, -0.2) is 50.6 Å². The van der Waals surface area contributed by atoms with Crippen LogP contribution in [0.25, 0.3) is 0 Å². The monoisotopic (exact) mass is 239 g/mol. The Morgan fingerprint density at radius 3 is 2.82 bits per heavy atom. The lowest BCUT2D eigenvalue weighted by atomic mass is 9.98. The van der Waals surface area contributed by atoms with E-state index in [1.807, 2.05) is 0 Å². The zero-order valence-corrected chi connectivity index (χ0v) is 10.9. The fraction of sp³-hybridized carbons (Fsp3) is 0.923. The van der Waals surface area contributed by atoms with Crippen LogP contribution >= 0.6 is 0 Å². The molecule has 98 valence electrons. The summed E-state index contributed by atoms with van der Waals surface area (Å²) in [6, 6.07) is 0. The number of likely N-dealkylation sites (tertiary alicyclic amines) is 1. The first kappa shape index (κ1) is 12.8. The van der Waals surface area contributed by atoms with Crippen LogP contribution in [0.3, 0.4) is 0 Å². The van der Waals surface area contributed by atoms with E-state index in [0.29, 0.717) is 5.92 Å². The molecule has 1 saturated carbocycles. The summed E-state index contributed by atoms with van der Waals surface area (Å²) in [5, 5.41) is 6.43. The molecule has 4 heteroatoms. The van der Waals surface area contributed by atoms with E-state index in [2.05, 4.69) is 22.6 Å². The molecule has 0 aromatic carbocycles. The van der Waals surface area contributed by atoms with Crippen molar-refractivity contribution < 1.29 is 4.79 Å². The first-order chi connectivity index (χ1) is 8.25.